The van der Waals surface area contributed by atoms with E-state index in [0.717, 1.165) is 4.90 Å². The van der Waals surface area contributed by atoms with Crippen LogP contribution in [-0.4, -0.2) is 41.5 Å². The number of nitrogens with one attached hydrogen (secondary N) is 1. The second kappa shape index (κ2) is 6.64. The van der Waals surface area contributed by atoms with Crippen LogP contribution in [0.3, 0.4) is 0 Å². The van der Waals surface area contributed by atoms with E-state index >= 15 is 0 Å². The van der Waals surface area contributed by atoms with Crippen molar-refractivity contribution in [2.45, 2.75) is 51.4 Å². The van der Waals surface area contributed by atoms with Crippen LogP contribution in [0.15, 0.2) is 16.7 Å². The monoisotopic (exact) mass is 332 g/mol. The van der Waals surface area contributed by atoms with E-state index in [0.29, 0.717) is 12.2 Å². The number of aryl methyl sites for hydroxylation is 1. The summed E-state index contributed by atoms with van der Waals surface area (Å²) in [5, 5.41) is 2.59. The molecule has 2 amide bonds. The van der Waals surface area contributed by atoms with Gasteiger partial charge in [-0.25, -0.2) is 0 Å². The third kappa shape index (κ3) is 3.86. The van der Waals surface area contributed by atoms with Crippen molar-refractivity contribution in [2.24, 2.45) is 0 Å². The summed E-state index contributed by atoms with van der Waals surface area (Å²) < 4.78 is 44.9. The molecule has 0 saturated carbocycles. The maximum Gasteiger partial charge on any atom is 0.408 e. The van der Waals surface area contributed by atoms with Gasteiger partial charge in [0.15, 0.2) is 0 Å². The minimum absolute atomic E-state index is 0.144. The Balaban J connectivity index is 2.27. The van der Waals surface area contributed by atoms with Crippen LogP contribution < -0.4 is 5.32 Å². The van der Waals surface area contributed by atoms with E-state index < -0.39 is 24.2 Å². The van der Waals surface area contributed by atoms with E-state index in [2.05, 4.69) is 5.32 Å². The van der Waals surface area contributed by atoms with Gasteiger partial charge in [-0.15, -0.1) is 0 Å². The van der Waals surface area contributed by atoms with Gasteiger partial charge in [0.2, 0.25) is 5.91 Å². The number of nitrogens with zero attached hydrogens (tertiary/aromatic N) is 1. The molecule has 1 N–H and O–H groups in total. The Labute approximate surface area is 131 Å². The van der Waals surface area contributed by atoms with E-state index in [4.69, 9.17) is 4.42 Å². The van der Waals surface area contributed by atoms with Gasteiger partial charge >= 0.3 is 6.18 Å². The highest BCUT2D eigenvalue weighted by Crippen LogP contribution is 2.33. The summed E-state index contributed by atoms with van der Waals surface area (Å²) in [4.78, 5) is 24.5. The van der Waals surface area contributed by atoms with Crippen molar-refractivity contribution in [1.29, 1.82) is 0 Å². The van der Waals surface area contributed by atoms with E-state index in [1.807, 2.05) is 0 Å². The first-order chi connectivity index (χ1) is 10.7. The zero-order chi connectivity index (χ0) is 17.2. The van der Waals surface area contributed by atoms with Gasteiger partial charge in [-0.3, -0.25) is 9.59 Å². The molecule has 1 saturated heterocycles. The summed E-state index contributed by atoms with van der Waals surface area (Å²) >= 11 is 0. The summed E-state index contributed by atoms with van der Waals surface area (Å²) in [7, 11) is 0. The Kier molecular flexibility index (Phi) is 5.01. The van der Waals surface area contributed by atoms with Gasteiger partial charge in [-0.2, -0.15) is 13.2 Å². The molecule has 0 unspecified atom stereocenters. The molecule has 1 fully saturated rings. The molecule has 128 valence electrons. The topological polar surface area (TPSA) is 62.6 Å². The first-order valence-electron chi connectivity index (χ1n) is 7.45. The number of alkyl halides is 3. The molecular formula is C15H19F3N2O3. The number of likely N-dealkylation sites (tertiary alicyclic amines) is 1. The van der Waals surface area contributed by atoms with E-state index in [-0.39, 0.29) is 30.9 Å². The molecule has 8 heteroatoms. The Bertz CT molecular complexity index is 583. The van der Waals surface area contributed by atoms with Crippen LogP contribution in [0.25, 0.3) is 0 Å². The van der Waals surface area contributed by atoms with E-state index in [1.54, 1.807) is 6.92 Å². The predicted molar refractivity (Wildman–Crippen MR) is 75.8 cm³/mol. The number of carbonyl (C=O) groups is 2. The highest BCUT2D eigenvalue weighted by Gasteiger charge is 2.48. The Morgan fingerprint density at radius 3 is 2.65 bits per heavy atom. The van der Waals surface area contributed by atoms with Crippen LogP contribution in [-0.2, 0) is 11.2 Å². The fourth-order valence-corrected chi connectivity index (χ4v) is 2.90. The number of amides is 2. The zero-order valence-corrected chi connectivity index (χ0v) is 12.9. The SMILES string of the molecule is CCc1occc1C(=O)N1C[C@@H](NC(C)=O)CC[C@@H]1C(F)(F)F. The molecule has 0 aromatic carbocycles. The molecule has 0 spiro atoms. The first kappa shape index (κ1) is 17.4. The number of halogens is 3. The van der Waals surface area contributed by atoms with Crippen molar-refractivity contribution < 1.29 is 27.2 Å². The number of hydrogen-bond donors (Lipinski definition) is 1. The maximum atomic E-state index is 13.3. The number of hydrogen-bond acceptors (Lipinski definition) is 3. The lowest BCUT2D eigenvalue weighted by Gasteiger charge is -2.40. The molecule has 0 radical (unpaired) electrons. The third-order valence-electron chi connectivity index (χ3n) is 3.92. The number of furan rings is 1. The molecule has 0 bridgehead atoms. The lowest BCUT2D eigenvalue weighted by atomic mass is 9.96. The molecule has 1 aliphatic rings. The fraction of sp³-hybridized carbons (Fsp3) is 0.600. The standard InChI is InChI=1S/C15H19F3N2O3/c1-3-12-11(6-7-23-12)14(22)20-8-10(19-9(2)21)4-5-13(20)15(16,17)18/h6-7,10,13H,3-5,8H2,1-2H3,(H,19,21)/t10-,13+/m0/s1. The smallest absolute Gasteiger partial charge is 0.408 e. The second-order valence-corrected chi connectivity index (χ2v) is 5.60. The molecule has 2 heterocycles. The van der Waals surface area contributed by atoms with Crippen molar-refractivity contribution in [3.8, 4) is 0 Å². The Morgan fingerprint density at radius 1 is 1.39 bits per heavy atom. The van der Waals surface area contributed by atoms with Crippen molar-refractivity contribution in [3.05, 3.63) is 23.7 Å². The lowest BCUT2D eigenvalue weighted by molar-refractivity contribution is -0.184. The van der Waals surface area contributed by atoms with Gasteiger partial charge in [-0.05, 0) is 18.9 Å². The Morgan fingerprint density at radius 2 is 2.09 bits per heavy atom. The van der Waals surface area contributed by atoms with Gasteiger partial charge in [0.1, 0.15) is 11.8 Å². The summed E-state index contributed by atoms with van der Waals surface area (Å²) in [6.07, 6.45) is -2.86. The third-order valence-corrected chi connectivity index (χ3v) is 3.92. The number of piperidine rings is 1. The second-order valence-electron chi connectivity index (χ2n) is 5.60. The van der Waals surface area contributed by atoms with Gasteiger partial charge in [0, 0.05) is 25.9 Å². The normalized spacial score (nSPS) is 22.0. The fourth-order valence-electron chi connectivity index (χ4n) is 2.90. The molecule has 2 atom stereocenters. The van der Waals surface area contributed by atoms with Crippen molar-refractivity contribution in [2.75, 3.05) is 6.54 Å². The summed E-state index contributed by atoms with van der Waals surface area (Å²) in [6.45, 7) is 2.89. The molecule has 23 heavy (non-hydrogen) atoms. The molecular weight excluding hydrogens is 313 g/mol. The summed E-state index contributed by atoms with van der Waals surface area (Å²) in [5.74, 6) is -0.684. The highest BCUT2D eigenvalue weighted by atomic mass is 19.4. The van der Waals surface area contributed by atoms with E-state index in [1.165, 1.54) is 19.3 Å². The molecule has 2 rings (SSSR count). The zero-order valence-electron chi connectivity index (χ0n) is 12.9. The van der Waals surface area contributed by atoms with Crippen LogP contribution in [0.5, 0.6) is 0 Å². The Hall–Kier alpha value is -1.99. The number of rotatable bonds is 3. The van der Waals surface area contributed by atoms with Crippen molar-refractivity contribution >= 4 is 11.8 Å². The molecule has 5 nitrogen and oxygen atoms in total. The van der Waals surface area contributed by atoms with Crippen LogP contribution in [0.4, 0.5) is 13.2 Å². The molecule has 1 aromatic rings. The van der Waals surface area contributed by atoms with Crippen molar-refractivity contribution in [1.82, 2.24) is 10.2 Å². The quantitative estimate of drug-likeness (QED) is 0.925. The van der Waals surface area contributed by atoms with Crippen molar-refractivity contribution in [3.63, 3.8) is 0 Å². The minimum Gasteiger partial charge on any atom is -0.469 e. The van der Waals surface area contributed by atoms with Crippen LogP contribution in [0.2, 0.25) is 0 Å². The van der Waals surface area contributed by atoms with Crippen LogP contribution >= 0.6 is 0 Å². The lowest BCUT2D eigenvalue weighted by Crippen LogP contribution is -2.58. The summed E-state index contributed by atoms with van der Waals surface area (Å²) in [6, 6.07) is -0.942. The first-order valence-corrected chi connectivity index (χ1v) is 7.45. The largest absolute Gasteiger partial charge is 0.469 e. The molecule has 1 aliphatic heterocycles. The molecule has 1 aromatic heterocycles. The minimum atomic E-state index is -4.51. The van der Waals surface area contributed by atoms with Crippen LogP contribution in [0.1, 0.15) is 42.8 Å². The van der Waals surface area contributed by atoms with Gasteiger partial charge in [0.05, 0.1) is 11.8 Å². The van der Waals surface area contributed by atoms with Crippen LogP contribution in [0, 0.1) is 0 Å². The molecule has 0 aliphatic carbocycles. The number of carbonyl (C=O) groups excluding carboxylic acids is 2. The van der Waals surface area contributed by atoms with E-state index in [9.17, 15) is 22.8 Å². The van der Waals surface area contributed by atoms with Gasteiger partial charge < -0.3 is 14.6 Å². The highest BCUT2D eigenvalue weighted by molar-refractivity contribution is 5.95. The van der Waals surface area contributed by atoms with Gasteiger partial charge in [-0.1, -0.05) is 6.92 Å². The average molecular weight is 332 g/mol. The maximum absolute atomic E-state index is 13.3. The summed E-state index contributed by atoms with van der Waals surface area (Å²) in [5.41, 5.74) is 0.144. The average Bonchev–Trinajstić information content (AvgIpc) is 2.93. The van der Waals surface area contributed by atoms with Gasteiger partial charge in [0.25, 0.3) is 5.91 Å². The predicted octanol–water partition coefficient (Wildman–Crippen LogP) is 2.51.